The number of aliphatic hydroxyl groups is 1. The van der Waals surface area contributed by atoms with Crippen LogP contribution in [0.5, 0.6) is 0 Å². The minimum absolute atomic E-state index is 0.0927. The van der Waals surface area contributed by atoms with Gasteiger partial charge in [0.05, 0.1) is 6.61 Å². The van der Waals surface area contributed by atoms with E-state index in [1.807, 2.05) is 0 Å². The lowest BCUT2D eigenvalue weighted by Crippen LogP contribution is -2.57. The first-order valence-corrected chi connectivity index (χ1v) is 6.98. The second kappa shape index (κ2) is 7.31. The fraction of sp³-hybridized carbons (Fsp3) is 1.00. The Bertz CT molecular complexity index is 205. The number of hydrogen-bond acceptors (Lipinski definition) is 4. The van der Waals surface area contributed by atoms with Crippen LogP contribution in [-0.4, -0.2) is 65.8 Å². The fourth-order valence-corrected chi connectivity index (χ4v) is 2.56. The van der Waals surface area contributed by atoms with Crippen molar-refractivity contribution in [1.82, 2.24) is 9.80 Å². The van der Waals surface area contributed by atoms with E-state index in [1.54, 1.807) is 0 Å². The van der Waals surface area contributed by atoms with Crippen LogP contribution in [0, 0.1) is 0 Å². The van der Waals surface area contributed by atoms with Crippen LogP contribution >= 0.6 is 0 Å². The van der Waals surface area contributed by atoms with Gasteiger partial charge in [0.15, 0.2) is 0 Å². The molecule has 4 nitrogen and oxygen atoms in total. The van der Waals surface area contributed by atoms with Crippen LogP contribution in [0.15, 0.2) is 0 Å². The molecule has 102 valence electrons. The van der Waals surface area contributed by atoms with Crippen LogP contribution < -0.4 is 5.73 Å². The van der Waals surface area contributed by atoms with Crippen LogP contribution in [-0.2, 0) is 0 Å². The summed E-state index contributed by atoms with van der Waals surface area (Å²) in [6.07, 6.45) is 2.13. The minimum Gasteiger partial charge on any atom is -0.395 e. The molecule has 0 saturated carbocycles. The quantitative estimate of drug-likeness (QED) is 0.713. The van der Waals surface area contributed by atoms with Crippen molar-refractivity contribution >= 4 is 0 Å². The molecule has 1 fully saturated rings. The zero-order valence-corrected chi connectivity index (χ0v) is 11.6. The van der Waals surface area contributed by atoms with Gasteiger partial charge in [-0.25, -0.2) is 0 Å². The lowest BCUT2D eigenvalue weighted by Gasteiger charge is -2.42. The number of rotatable bonds is 6. The molecule has 3 atom stereocenters. The van der Waals surface area contributed by atoms with Gasteiger partial charge in [-0.2, -0.15) is 0 Å². The lowest BCUT2D eigenvalue weighted by atomic mass is 10.0. The Hall–Kier alpha value is -0.160. The van der Waals surface area contributed by atoms with Crippen LogP contribution in [0.25, 0.3) is 0 Å². The minimum atomic E-state index is 0.0927. The van der Waals surface area contributed by atoms with E-state index in [9.17, 15) is 5.11 Å². The van der Waals surface area contributed by atoms with Gasteiger partial charge < -0.3 is 10.8 Å². The fourth-order valence-electron chi connectivity index (χ4n) is 2.56. The zero-order chi connectivity index (χ0) is 12.8. The predicted octanol–water partition coefficient (Wildman–Crippen LogP) is 0.501. The highest BCUT2D eigenvalue weighted by molar-refractivity contribution is 4.85. The average molecular weight is 243 g/mol. The molecule has 0 aromatic heterocycles. The molecule has 1 saturated heterocycles. The first-order chi connectivity index (χ1) is 8.13. The monoisotopic (exact) mass is 243 g/mol. The lowest BCUT2D eigenvalue weighted by molar-refractivity contribution is 0.0391. The molecule has 0 spiro atoms. The molecule has 1 aliphatic heterocycles. The molecule has 0 radical (unpaired) electrons. The van der Waals surface area contributed by atoms with Gasteiger partial charge in [-0.1, -0.05) is 13.8 Å². The maximum atomic E-state index is 9.47. The summed E-state index contributed by atoms with van der Waals surface area (Å²) < 4.78 is 0. The van der Waals surface area contributed by atoms with Crippen molar-refractivity contribution in [2.24, 2.45) is 5.73 Å². The van der Waals surface area contributed by atoms with Gasteiger partial charge in [0.1, 0.15) is 0 Å². The molecule has 0 aliphatic carbocycles. The maximum Gasteiger partial charge on any atom is 0.0601 e. The number of aliphatic hydroxyl groups excluding tert-OH is 1. The normalized spacial score (nSPS) is 24.5. The smallest absolute Gasteiger partial charge is 0.0601 e. The molecule has 1 heterocycles. The largest absolute Gasteiger partial charge is 0.395 e. The van der Waals surface area contributed by atoms with E-state index in [0.717, 1.165) is 32.6 Å². The van der Waals surface area contributed by atoms with Crippen molar-refractivity contribution in [3.63, 3.8) is 0 Å². The Kier molecular flexibility index (Phi) is 6.41. The van der Waals surface area contributed by atoms with Gasteiger partial charge in [-0.3, -0.25) is 9.80 Å². The van der Waals surface area contributed by atoms with E-state index in [2.05, 4.69) is 30.6 Å². The molecule has 0 aromatic rings. The van der Waals surface area contributed by atoms with Crippen LogP contribution in [0.4, 0.5) is 0 Å². The highest BCUT2D eigenvalue weighted by Gasteiger charge is 2.27. The Morgan fingerprint density at radius 2 is 1.59 bits per heavy atom. The van der Waals surface area contributed by atoms with E-state index in [1.165, 1.54) is 6.42 Å². The number of nitrogens with two attached hydrogens (primary N) is 1. The van der Waals surface area contributed by atoms with Gasteiger partial charge in [-0.15, -0.1) is 0 Å². The van der Waals surface area contributed by atoms with Crippen LogP contribution in [0.2, 0.25) is 0 Å². The third-order valence-electron chi connectivity index (χ3n) is 4.18. The third-order valence-corrected chi connectivity index (χ3v) is 4.18. The van der Waals surface area contributed by atoms with Crippen LogP contribution in [0.3, 0.4) is 0 Å². The van der Waals surface area contributed by atoms with E-state index in [0.29, 0.717) is 6.04 Å². The third kappa shape index (κ3) is 3.91. The van der Waals surface area contributed by atoms with Crippen molar-refractivity contribution in [1.29, 1.82) is 0 Å². The van der Waals surface area contributed by atoms with Gasteiger partial charge in [-0.05, 0) is 19.8 Å². The number of piperazine rings is 1. The van der Waals surface area contributed by atoms with Gasteiger partial charge in [0, 0.05) is 44.3 Å². The summed E-state index contributed by atoms with van der Waals surface area (Å²) in [7, 11) is 0. The van der Waals surface area contributed by atoms with Crippen molar-refractivity contribution in [2.75, 3.05) is 32.8 Å². The molecule has 4 heteroatoms. The predicted molar refractivity (Wildman–Crippen MR) is 72.0 cm³/mol. The van der Waals surface area contributed by atoms with E-state index in [4.69, 9.17) is 5.73 Å². The summed E-state index contributed by atoms with van der Waals surface area (Å²) in [4.78, 5) is 4.88. The SMILES string of the molecule is CCC(N)C(CO)N1CCN(C(C)CC)CC1. The summed E-state index contributed by atoms with van der Waals surface area (Å²) in [5.41, 5.74) is 6.06. The summed E-state index contributed by atoms with van der Waals surface area (Å²) in [6.45, 7) is 11.1. The molecule has 1 aliphatic rings. The molecule has 17 heavy (non-hydrogen) atoms. The van der Waals surface area contributed by atoms with Crippen molar-refractivity contribution in [2.45, 2.75) is 51.7 Å². The molecule has 0 amide bonds. The summed E-state index contributed by atoms with van der Waals surface area (Å²) in [5.74, 6) is 0. The Labute approximate surface area is 106 Å². The number of hydrogen-bond donors (Lipinski definition) is 2. The van der Waals surface area contributed by atoms with Crippen molar-refractivity contribution < 1.29 is 5.11 Å². The van der Waals surface area contributed by atoms with E-state index in [-0.39, 0.29) is 18.7 Å². The second-order valence-corrected chi connectivity index (χ2v) is 5.15. The standard InChI is InChI=1S/C13H29N3O/c1-4-11(3)15-6-8-16(9-7-15)13(10-17)12(14)5-2/h11-13,17H,4-10,14H2,1-3H3. The number of nitrogens with zero attached hydrogens (tertiary/aromatic N) is 2. The summed E-state index contributed by atoms with van der Waals surface area (Å²) >= 11 is 0. The molecule has 3 N–H and O–H groups in total. The first-order valence-electron chi connectivity index (χ1n) is 6.98. The molecular formula is C13H29N3O. The zero-order valence-electron chi connectivity index (χ0n) is 11.6. The molecular weight excluding hydrogens is 214 g/mol. The summed E-state index contributed by atoms with van der Waals surface area (Å²) in [6, 6.07) is 0.902. The molecule has 0 aromatic carbocycles. The Morgan fingerprint density at radius 3 is 2.00 bits per heavy atom. The summed E-state index contributed by atoms with van der Waals surface area (Å²) in [5, 5.41) is 9.47. The second-order valence-electron chi connectivity index (χ2n) is 5.15. The Balaban J connectivity index is 2.44. The Morgan fingerprint density at radius 1 is 1.06 bits per heavy atom. The average Bonchev–Trinajstić information content (AvgIpc) is 2.39. The molecule has 3 unspecified atom stereocenters. The molecule has 1 rings (SSSR count). The van der Waals surface area contributed by atoms with Crippen molar-refractivity contribution in [3.8, 4) is 0 Å². The molecule has 0 bridgehead atoms. The van der Waals surface area contributed by atoms with Gasteiger partial charge in [0.2, 0.25) is 0 Å². The van der Waals surface area contributed by atoms with Gasteiger partial charge >= 0.3 is 0 Å². The topological polar surface area (TPSA) is 52.7 Å². The highest BCUT2D eigenvalue weighted by atomic mass is 16.3. The maximum absolute atomic E-state index is 9.47. The van der Waals surface area contributed by atoms with E-state index < -0.39 is 0 Å². The van der Waals surface area contributed by atoms with Gasteiger partial charge in [0.25, 0.3) is 0 Å². The van der Waals surface area contributed by atoms with Crippen LogP contribution in [0.1, 0.15) is 33.6 Å². The first kappa shape index (κ1) is 14.9. The van der Waals surface area contributed by atoms with Crippen molar-refractivity contribution in [3.05, 3.63) is 0 Å². The highest BCUT2D eigenvalue weighted by Crippen LogP contribution is 2.13. The van der Waals surface area contributed by atoms with E-state index >= 15 is 0 Å².